The largest absolute Gasteiger partial charge is 0.493 e. The molecule has 0 amide bonds. The Morgan fingerprint density at radius 2 is 1.74 bits per heavy atom. The fourth-order valence-corrected chi connectivity index (χ4v) is 5.57. The Morgan fingerprint density at radius 3 is 2.44 bits per heavy atom. The van der Waals surface area contributed by atoms with Crippen LogP contribution in [0.2, 0.25) is 0 Å². The van der Waals surface area contributed by atoms with E-state index in [4.69, 9.17) is 14.2 Å². The van der Waals surface area contributed by atoms with Gasteiger partial charge in [-0.1, -0.05) is 78.1 Å². The molecule has 0 spiro atoms. The Balaban J connectivity index is 1.54. The van der Waals surface area contributed by atoms with Crippen LogP contribution in [-0.2, 0) is 16.1 Å². The van der Waals surface area contributed by atoms with E-state index in [9.17, 15) is 9.59 Å². The second kappa shape index (κ2) is 11.5. The van der Waals surface area contributed by atoms with E-state index in [2.05, 4.69) is 4.99 Å². The van der Waals surface area contributed by atoms with Crippen molar-refractivity contribution in [3.8, 4) is 11.5 Å². The Hall–Kier alpha value is -4.43. The first kappa shape index (κ1) is 26.2. The van der Waals surface area contributed by atoms with Crippen LogP contribution in [0, 0.1) is 0 Å². The number of benzene rings is 3. The lowest BCUT2D eigenvalue weighted by molar-refractivity contribution is -0.139. The van der Waals surface area contributed by atoms with E-state index in [-0.39, 0.29) is 12.2 Å². The summed E-state index contributed by atoms with van der Waals surface area (Å²) in [4.78, 5) is 31.9. The standard InChI is InChI=1S/C31H28N2O5S/c1-4-37-30(35)27-20(2)32-31-33(28(27)23-13-9-6-10-14-23)29(34)26(39-31)18-22-15-16-24(25(17-22)36-3)38-19-21-11-7-5-8-12-21/h5-18,28H,4,19H2,1-3H3/b26-18+/t28-/m0/s1. The molecule has 0 aliphatic carbocycles. The molecule has 4 aromatic rings. The number of nitrogens with zero attached hydrogens (tertiary/aromatic N) is 2. The van der Waals surface area contributed by atoms with E-state index in [0.29, 0.717) is 38.7 Å². The second-order valence-corrected chi connectivity index (χ2v) is 9.91. The molecule has 5 rings (SSSR count). The van der Waals surface area contributed by atoms with Gasteiger partial charge in [0, 0.05) is 0 Å². The van der Waals surface area contributed by atoms with Gasteiger partial charge >= 0.3 is 5.97 Å². The van der Waals surface area contributed by atoms with Gasteiger partial charge in [-0.05, 0) is 48.7 Å². The molecule has 3 aromatic carbocycles. The molecule has 0 saturated heterocycles. The van der Waals surface area contributed by atoms with Crippen molar-refractivity contribution in [3.05, 3.63) is 127 Å². The molecule has 0 fully saturated rings. The molecule has 1 aliphatic rings. The van der Waals surface area contributed by atoms with E-state index in [1.165, 1.54) is 11.3 Å². The van der Waals surface area contributed by atoms with Gasteiger partial charge in [0.05, 0.1) is 35.6 Å². The van der Waals surface area contributed by atoms with Crippen molar-refractivity contribution in [2.24, 2.45) is 4.99 Å². The summed E-state index contributed by atoms with van der Waals surface area (Å²) in [5.41, 5.74) is 3.31. The van der Waals surface area contributed by atoms with E-state index < -0.39 is 12.0 Å². The summed E-state index contributed by atoms with van der Waals surface area (Å²) in [6.07, 6.45) is 1.80. The molecule has 0 N–H and O–H groups in total. The van der Waals surface area contributed by atoms with Crippen LogP contribution in [0.25, 0.3) is 6.08 Å². The molecule has 198 valence electrons. The number of allylic oxidation sites excluding steroid dienone is 1. The predicted octanol–water partition coefficient (Wildman–Crippen LogP) is 4.39. The van der Waals surface area contributed by atoms with Gasteiger partial charge in [-0.3, -0.25) is 9.36 Å². The Kier molecular flexibility index (Phi) is 7.74. The number of ether oxygens (including phenoxy) is 3. The first-order chi connectivity index (χ1) is 19.0. The summed E-state index contributed by atoms with van der Waals surface area (Å²) in [6, 6.07) is 24.3. The summed E-state index contributed by atoms with van der Waals surface area (Å²) < 4.78 is 19.0. The van der Waals surface area contributed by atoms with Crippen LogP contribution in [0.1, 0.15) is 36.6 Å². The van der Waals surface area contributed by atoms with Crippen molar-refractivity contribution >= 4 is 23.4 Å². The van der Waals surface area contributed by atoms with Gasteiger partial charge in [-0.25, -0.2) is 9.79 Å². The van der Waals surface area contributed by atoms with E-state index in [0.717, 1.165) is 16.7 Å². The van der Waals surface area contributed by atoms with Crippen molar-refractivity contribution in [2.75, 3.05) is 13.7 Å². The minimum atomic E-state index is -0.632. The topological polar surface area (TPSA) is 79.1 Å². The number of esters is 1. The molecule has 0 saturated carbocycles. The van der Waals surface area contributed by atoms with Crippen LogP contribution in [0.4, 0.5) is 0 Å². The van der Waals surface area contributed by atoms with Gasteiger partial charge in [0.25, 0.3) is 5.56 Å². The highest BCUT2D eigenvalue weighted by molar-refractivity contribution is 7.07. The highest BCUT2D eigenvalue weighted by Gasteiger charge is 2.33. The Morgan fingerprint density at radius 1 is 1.03 bits per heavy atom. The third kappa shape index (κ3) is 5.42. The summed E-state index contributed by atoms with van der Waals surface area (Å²) in [5.74, 6) is 0.700. The van der Waals surface area contributed by atoms with Crippen molar-refractivity contribution < 1.29 is 19.0 Å². The van der Waals surface area contributed by atoms with Gasteiger partial charge in [0.15, 0.2) is 16.3 Å². The minimum absolute atomic E-state index is 0.231. The maximum atomic E-state index is 13.8. The van der Waals surface area contributed by atoms with Gasteiger partial charge in [0.1, 0.15) is 6.61 Å². The summed E-state index contributed by atoms with van der Waals surface area (Å²) in [6.45, 7) is 4.18. The number of thiazole rings is 1. The van der Waals surface area contributed by atoms with Crippen LogP contribution >= 0.6 is 11.3 Å². The Bertz CT molecular complexity index is 1710. The lowest BCUT2D eigenvalue weighted by Crippen LogP contribution is -2.39. The highest BCUT2D eigenvalue weighted by Crippen LogP contribution is 2.31. The third-order valence-electron chi connectivity index (χ3n) is 6.35. The summed E-state index contributed by atoms with van der Waals surface area (Å²) >= 11 is 1.28. The first-order valence-corrected chi connectivity index (χ1v) is 13.4. The average Bonchev–Trinajstić information content (AvgIpc) is 3.26. The van der Waals surface area contributed by atoms with Crippen molar-refractivity contribution in [1.82, 2.24) is 4.57 Å². The number of aromatic nitrogens is 1. The molecule has 7 nitrogen and oxygen atoms in total. The van der Waals surface area contributed by atoms with Gasteiger partial charge in [-0.2, -0.15) is 0 Å². The predicted molar refractivity (Wildman–Crippen MR) is 151 cm³/mol. The number of methoxy groups -OCH3 is 1. The monoisotopic (exact) mass is 540 g/mol. The summed E-state index contributed by atoms with van der Waals surface area (Å²) in [7, 11) is 1.59. The second-order valence-electron chi connectivity index (χ2n) is 8.90. The molecule has 2 heterocycles. The lowest BCUT2D eigenvalue weighted by atomic mass is 9.96. The fourth-order valence-electron chi connectivity index (χ4n) is 4.52. The van der Waals surface area contributed by atoms with Crippen LogP contribution < -0.4 is 24.4 Å². The molecule has 0 radical (unpaired) electrons. The van der Waals surface area contributed by atoms with Crippen molar-refractivity contribution in [3.63, 3.8) is 0 Å². The van der Waals surface area contributed by atoms with E-state index in [1.54, 1.807) is 31.6 Å². The van der Waals surface area contributed by atoms with E-state index >= 15 is 0 Å². The maximum absolute atomic E-state index is 13.8. The molecule has 0 bridgehead atoms. The van der Waals surface area contributed by atoms with Gasteiger partial charge in [-0.15, -0.1) is 0 Å². The smallest absolute Gasteiger partial charge is 0.338 e. The van der Waals surface area contributed by atoms with Crippen LogP contribution in [0.3, 0.4) is 0 Å². The van der Waals surface area contributed by atoms with Crippen molar-refractivity contribution in [1.29, 1.82) is 0 Å². The quantitative estimate of drug-likeness (QED) is 0.310. The minimum Gasteiger partial charge on any atom is -0.493 e. The zero-order valence-electron chi connectivity index (χ0n) is 21.9. The highest BCUT2D eigenvalue weighted by atomic mass is 32.1. The van der Waals surface area contributed by atoms with Crippen LogP contribution in [-0.4, -0.2) is 24.3 Å². The first-order valence-electron chi connectivity index (χ1n) is 12.6. The molecule has 39 heavy (non-hydrogen) atoms. The maximum Gasteiger partial charge on any atom is 0.338 e. The van der Waals surface area contributed by atoms with E-state index in [1.807, 2.05) is 78.9 Å². The summed E-state index contributed by atoms with van der Waals surface area (Å²) in [5, 5.41) is 0. The lowest BCUT2D eigenvalue weighted by Gasteiger charge is -2.24. The molecule has 1 aromatic heterocycles. The number of carbonyl (C=O) groups excluding carboxylic acids is 1. The number of rotatable bonds is 8. The Labute approximate surface area is 229 Å². The van der Waals surface area contributed by atoms with Crippen LogP contribution in [0.15, 0.2) is 99.9 Å². The van der Waals surface area contributed by atoms with Crippen molar-refractivity contribution in [2.45, 2.75) is 26.5 Å². The van der Waals surface area contributed by atoms with Crippen LogP contribution in [0.5, 0.6) is 11.5 Å². The zero-order chi connectivity index (χ0) is 27.4. The third-order valence-corrected chi connectivity index (χ3v) is 7.34. The van der Waals surface area contributed by atoms with Gasteiger partial charge in [0.2, 0.25) is 0 Å². The number of hydrogen-bond acceptors (Lipinski definition) is 7. The molecule has 8 heteroatoms. The molecule has 0 unspecified atom stereocenters. The molecule has 1 atom stereocenters. The number of carbonyl (C=O) groups is 1. The SMILES string of the molecule is CCOC(=O)C1=C(C)N=c2s/c(=C/c3ccc(OCc4ccccc4)c(OC)c3)c(=O)n2[C@H]1c1ccccc1. The average molecular weight is 541 g/mol. The number of hydrogen-bond donors (Lipinski definition) is 0. The molecule has 1 aliphatic heterocycles. The molecular formula is C31H28N2O5S. The normalized spacial score (nSPS) is 14.9. The zero-order valence-corrected chi connectivity index (χ0v) is 22.7. The number of fused-ring (bicyclic) bond motifs is 1. The van der Waals surface area contributed by atoms with Gasteiger partial charge < -0.3 is 14.2 Å². The molecular weight excluding hydrogens is 512 g/mol. The fraction of sp³-hybridized carbons (Fsp3) is 0.194.